The van der Waals surface area contributed by atoms with Crippen molar-refractivity contribution in [3.05, 3.63) is 33.8 Å². The van der Waals surface area contributed by atoms with E-state index >= 15 is 0 Å². The molecule has 1 nitrogen and oxygen atoms in total. The van der Waals surface area contributed by atoms with Crippen LogP contribution >= 0.6 is 15.9 Å². The largest absolute Gasteiger partial charge is 0.314 e. The van der Waals surface area contributed by atoms with Crippen LogP contribution in [-0.2, 0) is 12.8 Å². The molecule has 1 aromatic rings. The van der Waals surface area contributed by atoms with Gasteiger partial charge in [-0.05, 0) is 55.5 Å². The van der Waals surface area contributed by atoms with E-state index in [-0.39, 0.29) is 0 Å². The summed E-state index contributed by atoms with van der Waals surface area (Å²) < 4.78 is 1.20. The van der Waals surface area contributed by atoms with Gasteiger partial charge in [0.15, 0.2) is 0 Å². The first-order chi connectivity index (χ1) is 7.79. The Bertz CT molecular complexity index is 343. The molecule has 88 valence electrons. The topological polar surface area (TPSA) is 12.0 Å². The lowest BCUT2D eigenvalue weighted by atomic mass is 9.94. The van der Waals surface area contributed by atoms with Gasteiger partial charge in [-0.1, -0.05) is 35.3 Å². The number of nitrogens with one attached hydrogen (secondary N) is 1. The van der Waals surface area contributed by atoms with Crippen molar-refractivity contribution in [2.75, 3.05) is 6.54 Å². The van der Waals surface area contributed by atoms with Crippen molar-refractivity contribution in [2.24, 2.45) is 0 Å². The summed E-state index contributed by atoms with van der Waals surface area (Å²) in [4.78, 5) is 0. The molecular formula is C14H20BrN. The van der Waals surface area contributed by atoms with Crippen LogP contribution in [0.3, 0.4) is 0 Å². The van der Waals surface area contributed by atoms with Gasteiger partial charge in [-0.2, -0.15) is 0 Å². The van der Waals surface area contributed by atoms with Crippen LogP contribution < -0.4 is 5.32 Å². The molecule has 0 amide bonds. The molecule has 0 radical (unpaired) electrons. The van der Waals surface area contributed by atoms with Crippen LogP contribution in [0, 0.1) is 0 Å². The van der Waals surface area contributed by atoms with Gasteiger partial charge < -0.3 is 5.32 Å². The highest BCUT2D eigenvalue weighted by Gasteiger charge is 2.14. The standard InChI is InChI=1S/C14H20BrN/c1-2-11-6-7-13(15)9-12(11)10-14-5-3-4-8-16-14/h6-7,9,14,16H,2-5,8,10H2,1H3. The maximum atomic E-state index is 3.62. The van der Waals surface area contributed by atoms with E-state index in [0.717, 1.165) is 6.42 Å². The predicted molar refractivity (Wildman–Crippen MR) is 72.9 cm³/mol. The van der Waals surface area contributed by atoms with Gasteiger partial charge >= 0.3 is 0 Å². The molecule has 0 aromatic heterocycles. The minimum Gasteiger partial charge on any atom is -0.314 e. The number of halogens is 1. The highest BCUT2D eigenvalue weighted by molar-refractivity contribution is 9.10. The Morgan fingerprint density at radius 3 is 2.88 bits per heavy atom. The van der Waals surface area contributed by atoms with Crippen LogP contribution in [0.4, 0.5) is 0 Å². The summed E-state index contributed by atoms with van der Waals surface area (Å²) in [6, 6.07) is 7.38. The first kappa shape index (κ1) is 12.1. The molecule has 2 heteroatoms. The quantitative estimate of drug-likeness (QED) is 0.891. The van der Waals surface area contributed by atoms with Crippen LogP contribution in [0.15, 0.2) is 22.7 Å². The molecule has 1 N–H and O–H groups in total. The van der Waals surface area contributed by atoms with Gasteiger partial charge in [0.25, 0.3) is 0 Å². The van der Waals surface area contributed by atoms with E-state index in [1.54, 1.807) is 0 Å². The molecule has 1 fully saturated rings. The molecule has 1 heterocycles. The van der Waals surface area contributed by atoms with Crippen LogP contribution in [0.2, 0.25) is 0 Å². The molecule has 1 aliphatic heterocycles. The maximum Gasteiger partial charge on any atom is 0.0178 e. The zero-order chi connectivity index (χ0) is 11.4. The second-order valence-electron chi connectivity index (χ2n) is 4.62. The molecule has 1 atom stereocenters. The van der Waals surface area contributed by atoms with E-state index in [9.17, 15) is 0 Å². The van der Waals surface area contributed by atoms with Gasteiger partial charge in [0, 0.05) is 10.5 Å². The first-order valence-corrected chi connectivity index (χ1v) is 7.09. The molecule has 1 unspecified atom stereocenters. The van der Waals surface area contributed by atoms with Gasteiger partial charge in [0.05, 0.1) is 0 Å². The number of hydrogen-bond acceptors (Lipinski definition) is 1. The van der Waals surface area contributed by atoms with Crippen molar-refractivity contribution in [3.63, 3.8) is 0 Å². The third kappa shape index (κ3) is 3.08. The molecule has 1 saturated heterocycles. The second-order valence-corrected chi connectivity index (χ2v) is 5.53. The van der Waals surface area contributed by atoms with E-state index < -0.39 is 0 Å². The van der Waals surface area contributed by atoms with Crippen LogP contribution in [-0.4, -0.2) is 12.6 Å². The summed E-state index contributed by atoms with van der Waals surface area (Å²) in [5, 5.41) is 3.62. The van der Waals surface area contributed by atoms with E-state index in [4.69, 9.17) is 0 Å². The van der Waals surface area contributed by atoms with Crippen molar-refractivity contribution in [3.8, 4) is 0 Å². The zero-order valence-electron chi connectivity index (χ0n) is 9.93. The minimum absolute atomic E-state index is 0.688. The van der Waals surface area contributed by atoms with Gasteiger partial charge in [-0.25, -0.2) is 0 Å². The summed E-state index contributed by atoms with van der Waals surface area (Å²) in [6.45, 7) is 3.43. The molecule has 2 rings (SSSR count). The minimum atomic E-state index is 0.688. The van der Waals surface area contributed by atoms with Gasteiger partial charge in [0.1, 0.15) is 0 Å². The van der Waals surface area contributed by atoms with Gasteiger partial charge in [0.2, 0.25) is 0 Å². The third-order valence-electron chi connectivity index (χ3n) is 3.43. The smallest absolute Gasteiger partial charge is 0.0178 e. The summed E-state index contributed by atoms with van der Waals surface area (Å²) in [5.74, 6) is 0. The Hall–Kier alpha value is -0.340. The van der Waals surface area contributed by atoms with Crippen LogP contribution in [0.1, 0.15) is 37.3 Å². The average molecular weight is 282 g/mol. The number of piperidine rings is 1. The molecule has 1 aliphatic rings. The van der Waals surface area contributed by atoms with E-state index in [1.165, 1.54) is 47.8 Å². The number of benzene rings is 1. The predicted octanol–water partition coefficient (Wildman–Crippen LogP) is 3.70. The fourth-order valence-corrected chi connectivity index (χ4v) is 2.90. The number of rotatable bonds is 3. The Kier molecular flexibility index (Phi) is 4.42. The fourth-order valence-electron chi connectivity index (χ4n) is 2.49. The first-order valence-electron chi connectivity index (χ1n) is 6.30. The summed E-state index contributed by atoms with van der Waals surface area (Å²) in [6.07, 6.45) is 6.37. The van der Waals surface area contributed by atoms with Gasteiger partial charge in [-0.3, -0.25) is 0 Å². The highest BCUT2D eigenvalue weighted by Crippen LogP contribution is 2.21. The molecule has 0 saturated carbocycles. The van der Waals surface area contributed by atoms with Crippen molar-refractivity contribution in [1.29, 1.82) is 0 Å². The van der Waals surface area contributed by atoms with Crippen LogP contribution in [0.25, 0.3) is 0 Å². The highest BCUT2D eigenvalue weighted by atomic mass is 79.9. The Labute approximate surface area is 107 Å². The number of hydrogen-bond donors (Lipinski definition) is 1. The lowest BCUT2D eigenvalue weighted by Crippen LogP contribution is -2.35. The van der Waals surface area contributed by atoms with Crippen molar-refractivity contribution >= 4 is 15.9 Å². The SMILES string of the molecule is CCc1ccc(Br)cc1CC1CCCCN1. The molecule has 0 aliphatic carbocycles. The van der Waals surface area contributed by atoms with Gasteiger partial charge in [-0.15, -0.1) is 0 Å². The molecule has 16 heavy (non-hydrogen) atoms. The van der Waals surface area contributed by atoms with E-state index in [2.05, 4.69) is 46.4 Å². The summed E-state index contributed by atoms with van der Waals surface area (Å²) in [7, 11) is 0. The average Bonchev–Trinajstić information content (AvgIpc) is 2.31. The third-order valence-corrected chi connectivity index (χ3v) is 3.92. The molecule has 1 aromatic carbocycles. The Morgan fingerprint density at radius 1 is 1.31 bits per heavy atom. The van der Waals surface area contributed by atoms with Crippen molar-refractivity contribution in [2.45, 2.75) is 45.1 Å². The van der Waals surface area contributed by atoms with Crippen molar-refractivity contribution in [1.82, 2.24) is 5.32 Å². The van der Waals surface area contributed by atoms with E-state index in [1.807, 2.05) is 0 Å². The molecule has 0 spiro atoms. The summed E-state index contributed by atoms with van der Waals surface area (Å²) in [5.41, 5.74) is 3.01. The lowest BCUT2D eigenvalue weighted by molar-refractivity contribution is 0.399. The monoisotopic (exact) mass is 281 g/mol. The van der Waals surface area contributed by atoms with Crippen molar-refractivity contribution < 1.29 is 0 Å². The normalized spacial score (nSPS) is 21.0. The fraction of sp³-hybridized carbons (Fsp3) is 0.571. The summed E-state index contributed by atoms with van der Waals surface area (Å²) >= 11 is 3.57. The molecular weight excluding hydrogens is 262 g/mol. The van der Waals surface area contributed by atoms with E-state index in [0.29, 0.717) is 6.04 Å². The Morgan fingerprint density at radius 2 is 2.19 bits per heavy atom. The lowest BCUT2D eigenvalue weighted by Gasteiger charge is -2.24. The number of aryl methyl sites for hydroxylation is 1. The maximum absolute atomic E-state index is 3.62. The molecule has 0 bridgehead atoms. The zero-order valence-corrected chi connectivity index (χ0v) is 11.5. The Balaban J connectivity index is 2.09. The van der Waals surface area contributed by atoms with Crippen LogP contribution in [0.5, 0.6) is 0 Å². The second kappa shape index (κ2) is 5.83.